The standard InChI is InChI=1S/C17H26N2O2/c1-14(19-10-6-7-11-19)12-18-17(20)15(2)21-13-16-8-4-3-5-9-16/h3-5,8-9,14-15H,6-7,10-13H2,1-2H3,(H,18,20)/t14-,15+/m0/s1. The summed E-state index contributed by atoms with van der Waals surface area (Å²) in [5, 5.41) is 2.99. The molecule has 0 saturated carbocycles. The molecule has 1 saturated heterocycles. The lowest BCUT2D eigenvalue weighted by Gasteiger charge is -2.24. The zero-order valence-electron chi connectivity index (χ0n) is 13.0. The van der Waals surface area contributed by atoms with Crippen LogP contribution in [0.1, 0.15) is 32.3 Å². The zero-order valence-corrected chi connectivity index (χ0v) is 13.0. The van der Waals surface area contributed by atoms with Crippen molar-refractivity contribution in [2.75, 3.05) is 19.6 Å². The highest BCUT2D eigenvalue weighted by atomic mass is 16.5. The van der Waals surface area contributed by atoms with Crippen molar-refractivity contribution in [3.05, 3.63) is 35.9 Å². The van der Waals surface area contributed by atoms with Gasteiger partial charge in [0.05, 0.1) is 6.61 Å². The van der Waals surface area contributed by atoms with Gasteiger partial charge >= 0.3 is 0 Å². The van der Waals surface area contributed by atoms with Crippen LogP contribution in [-0.4, -0.2) is 42.6 Å². The molecule has 0 aliphatic carbocycles. The number of benzene rings is 1. The molecule has 0 unspecified atom stereocenters. The lowest BCUT2D eigenvalue weighted by atomic mass is 10.2. The Morgan fingerprint density at radius 3 is 2.57 bits per heavy atom. The first-order chi connectivity index (χ1) is 10.2. The van der Waals surface area contributed by atoms with E-state index in [1.165, 1.54) is 12.8 Å². The maximum absolute atomic E-state index is 12.0. The summed E-state index contributed by atoms with van der Waals surface area (Å²) >= 11 is 0. The van der Waals surface area contributed by atoms with E-state index in [1.54, 1.807) is 6.92 Å². The quantitative estimate of drug-likeness (QED) is 0.837. The number of nitrogens with zero attached hydrogens (tertiary/aromatic N) is 1. The monoisotopic (exact) mass is 290 g/mol. The van der Waals surface area contributed by atoms with Gasteiger partial charge in [-0.3, -0.25) is 9.69 Å². The van der Waals surface area contributed by atoms with Crippen LogP contribution in [0.15, 0.2) is 30.3 Å². The van der Waals surface area contributed by atoms with Crippen LogP contribution in [-0.2, 0) is 16.1 Å². The fourth-order valence-electron chi connectivity index (χ4n) is 2.57. The van der Waals surface area contributed by atoms with Crippen LogP contribution in [0.4, 0.5) is 0 Å². The fourth-order valence-corrected chi connectivity index (χ4v) is 2.57. The summed E-state index contributed by atoms with van der Waals surface area (Å²) in [6.45, 7) is 7.43. The van der Waals surface area contributed by atoms with E-state index in [0.717, 1.165) is 18.7 Å². The third-order valence-corrected chi connectivity index (χ3v) is 4.05. The maximum atomic E-state index is 12.0. The number of nitrogens with one attached hydrogen (secondary N) is 1. The minimum atomic E-state index is -0.420. The molecule has 0 aromatic heterocycles. The lowest BCUT2D eigenvalue weighted by Crippen LogP contribution is -2.43. The third-order valence-electron chi connectivity index (χ3n) is 4.05. The molecule has 0 bridgehead atoms. The first kappa shape index (κ1) is 16.0. The van der Waals surface area contributed by atoms with E-state index in [4.69, 9.17) is 4.74 Å². The van der Waals surface area contributed by atoms with Crippen LogP contribution in [0.25, 0.3) is 0 Å². The Bertz CT molecular complexity index is 430. The molecule has 1 fully saturated rings. The molecule has 1 N–H and O–H groups in total. The number of hydrogen-bond acceptors (Lipinski definition) is 3. The van der Waals surface area contributed by atoms with Crippen LogP contribution in [0, 0.1) is 0 Å². The van der Waals surface area contributed by atoms with Gasteiger partial charge in [0.1, 0.15) is 6.10 Å². The number of carbonyl (C=O) groups excluding carboxylic acids is 1. The van der Waals surface area contributed by atoms with Gasteiger partial charge in [0.2, 0.25) is 5.91 Å². The summed E-state index contributed by atoms with van der Waals surface area (Å²) in [6, 6.07) is 10.3. The molecule has 1 aromatic carbocycles. The number of rotatable bonds is 7. The van der Waals surface area contributed by atoms with Gasteiger partial charge in [-0.05, 0) is 45.3 Å². The highest BCUT2D eigenvalue weighted by molar-refractivity contribution is 5.80. The van der Waals surface area contributed by atoms with Crippen molar-refractivity contribution in [3.8, 4) is 0 Å². The first-order valence-corrected chi connectivity index (χ1v) is 7.84. The molecule has 2 atom stereocenters. The summed E-state index contributed by atoms with van der Waals surface area (Å²) < 4.78 is 5.62. The van der Waals surface area contributed by atoms with Crippen molar-refractivity contribution in [2.45, 2.75) is 45.4 Å². The van der Waals surface area contributed by atoms with E-state index in [1.807, 2.05) is 30.3 Å². The number of ether oxygens (including phenoxy) is 1. The summed E-state index contributed by atoms with van der Waals surface area (Å²) in [5.74, 6) is -0.0306. The van der Waals surface area contributed by atoms with Gasteiger partial charge in [-0.25, -0.2) is 0 Å². The molecule has 4 heteroatoms. The summed E-state index contributed by atoms with van der Waals surface area (Å²) in [5.41, 5.74) is 1.09. The molecule has 1 heterocycles. The van der Waals surface area contributed by atoms with Crippen molar-refractivity contribution in [1.82, 2.24) is 10.2 Å². The second kappa shape index (κ2) is 8.15. The molecule has 1 aliphatic rings. The number of likely N-dealkylation sites (tertiary alicyclic amines) is 1. The molecular weight excluding hydrogens is 264 g/mol. The molecule has 1 amide bonds. The Morgan fingerprint density at radius 1 is 1.24 bits per heavy atom. The molecule has 21 heavy (non-hydrogen) atoms. The van der Waals surface area contributed by atoms with Crippen molar-refractivity contribution in [3.63, 3.8) is 0 Å². The highest BCUT2D eigenvalue weighted by Gasteiger charge is 2.20. The van der Waals surface area contributed by atoms with Crippen LogP contribution >= 0.6 is 0 Å². The van der Waals surface area contributed by atoms with Crippen molar-refractivity contribution < 1.29 is 9.53 Å². The molecule has 116 valence electrons. The summed E-state index contributed by atoms with van der Waals surface area (Å²) in [7, 11) is 0. The Labute approximate surface area is 127 Å². The molecule has 1 aliphatic heterocycles. The Kier molecular flexibility index (Phi) is 6.21. The van der Waals surface area contributed by atoms with Crippen molar-refractivity contribution in [2.24, 2.45) is 0 Å². The van der Waals surface area contributed by atoms with E-state index in [9.17, 15) is 4.79 Å². The molecule has 0 spiro atoms. The summed E-state index contributed by atoms with van der Waals surface area (Å²) in [4.78, 5) is 14.5. The van der Waals surface area contributed by atoms with E-state index >= 15 is 0 Å². The SMILES string of the molecule is C[C@@H](OCc1ccccc1)C(=O)NC[C@H](C)N1CCCC1. The Balaban J connectivity index is 1.67. The largest absolute Gasteiger partial charge is 0.364 e. The van der Waals surface area contributed by atoms with Crippen LogP contribution < -0.4 is 5.32 Å². The molecule has 4 nitrogen and oxygen atoms in total. The predicted octanol–water partition coefficient (Wildman–Crippen LogP) is 2.19. The van der Waals surface area contributed by atoms with Crippen LogP contribution in [0.3, 0.4) is 0 Å². The summed E-state index contributed by atoms with van der Waals surface area (Å²) in [6.07, 6.45) is 2.13. The van der Waals surface area contributed by atoms with Crippen LogP contribution in [0.5, 0.6) is 0 Å². The smallest absolute Gasteiger partial charge is 0.248 e. The van der Waals surface area contributed by atoms with Gasteiger partial charge in [0, 0.05) is 12.6 Å². The average molecular weight is 290 g/mol. The van der Waals surface area contributed by atoms with E-state index in [0.29, 0.717) is 19.2 Å². The van der Waals surface area contributed by atoms with Gasteiger partial charge in [-0.15, -0.1) is 0 Å². The number of carbonyl (C=O) groups is 1. The van der Waals surface area contributed by atoms with E-state index in [-0.39, 0.29) is 5.91 Å². The van der Waals surface area contributed by atoms with Gasteiger partial charge in [-0.2, -0.15) is 0 Å². The van der Waals surface area contributed by atoms with Gasteiger partial charge in [0.15, 0.2) is 0 Å². The maximum Gasteiger partial charge on any atom is 0.248 e. The Morgan fingerprint density at radius 2 is 1.90 bits per heavy atom. The molecule has 2 rings (SSSR count). The predicted molar refractivity (Wildman–Crippen MR) is 84.0 cm³/mol. The van der Waals surface area contributed by atoms with E-state index in [2.05, 4.69) is 17.1 Å². The number of hydrogen-bond donors (Lipinski definition) is 1. The second-order valence-electron chi connectivity index (χ2n) is 5.78. The number of amides is 1. The van der Waals surface area contributed by atoms with Crippen molar-refractivity contribution >= 4 is 5.91 Å². The first-order valence-electron chi connectivity index (χ1n) is 7.84. The minimum absolute atomic E-state index is 0.0306. The van der Waals surface area contributed by atoms with Crippen LogP contribution in [0.2, 0.25) is 0 Å². The second-order valence-corrected chi connectivity index (χ2v) is 5.78. The molecule has 0 radical (unpaired) electrons. The highest BCUT2D eigenvalue weighted by Crippen LogP contribution is 2.11. The topological polar surface area (TPSA) is 41.6 Å². The Hall–Kier alpha value is -1.39. The average Bonchev–Trinajstić information content (AvgIpc) is 3.05. The zero-order chi connectivity index (χ0) is 15.1. The third kappa shape index (κ3) is 5.14. The van der Waals surface area contributed by atoms with Crippen molar-refractivity contribution in [1.29, 1.82) is 0 Å². The van der Waals surface area contributed by atoms with E-state index < -0.39 is 6.10 Å². The van der Waals surface area contributed by atoms with Gasteiger partial charge in [0.25, 0.3) is 0 Å². The molecule has 1 aromatic rings. The molecular formula is C17H26N2O2. The normalized spacial score (nSPS) is 18.4. The minimum Gasteiger partial charge on any atom is -0.364 e. The van der Waals surface area contributed by atoms with Gasteiger partial charge in [-0.1, -0.05) is 30.3 Å². The lowest BCUT2D eigenvalue weighted by molar-refractivity contribution is -0.132. The fraction of sp³-hybridized carbons (Fsp3) is 0.588. The van der Waals surface area contributed by atoms with Gasteiger partial charge < -0.3 is 10.1 Å².